The molecule has 8 heteroatoms. The van der Waals surface area contributed by atoms with Gasteiger partial charge < -0.3 is 15.1 Å². The lowest BCUT2D eigenvalue weighted by atomic mass is 10.1. The summed E-state index contributed by atoms with van der Waals surface area (Å²) in [4.78, 5) is 37.1. The van der Waals surface area contributed by atoms with Crippen molar-refractivity contribution in [3.8, 4) is 0 Å². The number of hydrogen-bond donors (Lipinski definition) is 3. The maximum atomic E-state index is 11.9. The van der Waals surface area contributed by atoms with E-state index in [-0.39, 0.29) is 18.2 Å². The molecule has 0 saturated carbocycles. The van der Waals surface area contributed by atoms with E-state index in [1.165, 1.54) is 12.3 Å². The summed E-state index contributed by atoms with van der Waals surface area (Å²) in [5.41, 5.74) is 0. The number of rotatable bonds is 4. The molecule has 0 radical (unpaired) electrons. The van der Waals surface area contributed by atoms with E-state index >= 15 is 0 Å². The standard InChI is InChI=1S/C13H18N4O4/c1-14-12(19)9-7-15-4-5-17(9)8-11(18)16-13(20)10-3-2-6-21-10/h2-3,6,9,15H,4-5,7-8H2,1H3,(H,14,19)(H,16,18,20). The van der Waals surface area contributed by atoms with E-state index in [0.717, 1.165) is 0 Å². The number of nitrogens with zero attached hydrogens (tertiary/aromatic N) is 1. The van der Waals surface area contributed by atoms with Gasteiger partial charge in [0.15, 0.2) is 5.76 Å². The van der Waals surface area contributed by atoms with Crippen LogP contribution in [0.1, 0.15) is 10.6 Å². The minimum atomic E-state index is -0.586. The molecular weight excluding hydrogens is 276 g/mol. The van der Waals surface area contributed by atoms with Crippen LogP contribution in [0.15, 0.2) is 22.8 Å². The summed E-state index contributed by atoms with van der Waals surface area (Å²) >= 11 is 0. The summed E-state index contributed by atoms with van der Waals surface area (Å²) < 4.78 is 4.91. The Hall–Kier alpha value is -2.19. The molecule has 1 aromatic heterocycles. The number of amides is 3. The molecule has 0 bridgehead atoms. The van der Waals surface area contributed by atoms with Crippen LogP contribution in [0.2, 0.25) is 0 Å². The zero-order valence-electron chi connectivity index (χ0n) is 11.7. The van der Waals surface area contributed by atoms with Gasteiger partial charge >= 0.3 is 0 Å². The first kappa shape index (κ1) is 15.2. The number of nitrogens with one attached hydrogen (secondary N) is 3. The smallest absolute Gasteiger partial charge is 0.293 e. The SMILES string of the molecule is CNC(=O)C1CNCCN1CC(=O)NC(=O)c1ccco1. The zero-order chi connectivity index (χ0) is 15.2. The molecular formula is C13H18N4O4. The van der Waals surface area contributed by atoms with Crippen molar-refractivity contribution in [3.05, 3.63) is 24.2 Å². The van der Waals surface area contributed by atoms with Gasteiger partial charge in [-0.15, -0.1) is 0 Å². The third-order valence-electron chi connectivity index (χ3n) is 3.25. The zero-order valence-corrected chi connectivity index (χ0v) is 11.7. The van der Waals surface area contributed by atoms with Crippen LogP contribution in [0.4, 0.5) is 0 Å². The van der Waals surface area contributed by atoms with Crippen LogP contribution in [0.5, 0.6) is 0 Å². The highest BCUT2D eigenvalue weighted by atomic mass is 16.3. The first-order valence-corrected chi connectivity index (χ1v) is 6.66. The molecule has 1 saturated heterocycles. The summed E-state index contributed by atoms with van der Waals surface area (Å²) in [6.45, 7) is 1.69. The maximum absolute atomic E-state index is 11.9. The summed E-state index contributed by atoms with van der Waals surface area (Å²) in [5.74, 6) is -1.14. The van der Waals surface area contributed by atoms with Crippen LogP contribution in [0.25, 0.3) is 0 Å². The highest BCUT2D eigenvalue weighted by Gasteiger charge is 2.29. The molecule has 114 valence electrons. The molecule has 1 unspecified atom stereocenters. The number of carbonyl (C=O) groups excluding carboxylic acids is 3. The van der Waals surface area contributed by atoms with Gasteiger partial charge in [-0.2, -0.15) is 0 Å². The number of furan rings is 1. The molecule has 8 nitrogen and oxygen atoms in total. The second-order valence-corrected chi connectivity index (χ2v) is 4.66. The Balaban J connectivity index is 1.91. The van der Waals surface area contributed by atoms with Crippen molar-refractivity contribution in [1.82, 2.24) is 20.9 Å². The fourth-order valence-electron chi connectivity index (χ4n) is 2.18. The number of imide groups is 1. The van der Waals surface area contributed by atoms with Crippen molar-refractivity contribution in [2.45, 2.75) is 6.04 Å². The lowest BCUT2D eigenvalue weighted by Gasteiger charge is -2.34. The predicted molar refractivity (Wildman–Crippen MR) is 73.5 cm³/mol. The third kappa shape index (κ3) is 3.89. The van der Waals surface area contributed by atoms with Gasteiger partial charge in [-0.05, 0) is 12.1 Å². The van der Waals surface area contributed by atoms with E-state index in [2.05, 4.69) is 16.0 Å². The summed E-state index contributed by atoms with van der Waals surface area (Å²) in [6.07, 6.45) is 1.36. The number of piperazine rings is 1. The van der Waals surface area contributed by atoms with E-state index in [1.807, 2.05) is 0 Å². The van der Waals surface area contributed by atoms with E-state index in [4.69, 9.17) is 4.42 Å². The molecule has 0 aliphatic carbocycles. The topological polar surface area (TPSA) is 104 Å². The largest absolute Gasteiger partial charge is 0.459 e. The average molecular weight is 294 g/mol. The van der Waals surface area contributed by atoms with Crippen LogP contribution >= 0.6 is 0 Å². The maximum Gasteiger partial charge on any atom is 0.293 e. The van der Waals surface area contributed by atoms with Crippen molar-refractivity contribution in [3.63, 3.8) is 0 Å². The number of carbonyl (C=O) groups is 3. The minimum Gasteiger partial charge on any atom is -0.459 e. The highest BCUT2D eigenvalue weighted by molar-refractivity contribution is 6.03. The molecule has 1 aliphatic heterocycles. The summed E-state index contributed by atoms with van der Waals surface area (Å²) in [7, 11) is 1.55. The van der Waals surface area contributed by atoms with Gasteiger partial charge in [0.2, 0.25) is 11.8 Å². The first-order chi connectivity index (χ1) is 10.1. The van der Waals surface area contributed by atoms with Crippen LogP contribution in [0, 0.1) is 0 Å². The van der Waals surface area contributed by atoms with Crippen molar-refractivity contribution in [2.75, 3.05) is 33.2 Å². The van der Waals surface area contributed by atoms with Gasteiger partial charge in [-0.25, -0.2) is 0 Å². The molecule has 1 fully saturated rings. The Bertz CT molecular complexity index is 514. The fourth-order valence-corrected chi connectivity index (χ4v) is 2.18. The Kier molecular flexibility index (Phi) is 5.07. The predicted octanol–water partition coefficient (Wildman–Crippen LogP) is -1.44. The van der Waals surface area contributed by atoms with Crippen LogP contribution in [-0.2, 0) is 9.59 Å². The van der Waals surface area contributed by atoms with Crippen LogP contribution in [0.3, 0.4) is 0 Å². The molecule has 3 amide bonds. The van der Waals surface area contributed by atoms with Crippen LogP contribution < -0.4 is 16.0 Å². The minimum absolute atomic E-state index is 0.0216. The number of hydrogen-bond acceptors (Lipinski definition) is 6. The Morgan fingerprint density at radius 1 is 1.48 bits per heavy atom. The molecule has 21 heavy (non-hydrogen) atoms. The van der Waals surface area contributed by atoms with Crippen molar-refractivity contribution in [2.24, 2.45) is 0 Å². The van der Waals surface area contributed by atoms with E-state index in [1.54, 1.807) is 18.0 Å². The van der Waals surface area contributed by atoms with Crippen molar-refractivity contribution >= 4 is 17.7 Å². The highest BCUT2D eigenvalue weighted by Crippen LogP contribution is 2.04. The van der Waals surface area contributed by atoms with Gasteiger partial charge in [0.05, 0.1) is 12.8 Å². The second-order valence-electron chi connectivity index (χ2n) is 4.66. The molecule has 2 heterocycles. The lowest BCUT2D eigenvalue weighted by molar-refractivity contribution is -0.128. The molecule has 1 aromatic rings. The molecule has 0 aromatic carbocycles. The Morgan fingerprint density at radius 2 is 2.29 bits per heavy atom. The molecule has 1 aliphatic rings. The normalized spacial score (nSPS) is 19.0. The monoisotopic (exact) mass is 294 g/mol. The van der Waals surface area contributed by atoms with Gasteiger partial charge in [0.25, 0.3) is 5.91 Å². The van der Waals surface area contributed by atoms with E-state index in [9.17, 15) is 14.4 Å². The van der Waals surface area contributed by atoms with Gasteiger partial charge in [-0.1, -0.05) is 0 Å². The second kappa shape index (κ2) is 7.00. The average Bonchev–Trinajstić information content (AvgIpc) is 3.01. The van der Waals surface area contributed by atoms with E-state index < -0.39 is 17.9 Å². The number of likely N-dealkylation sites (N-methyl/N-ethyl adjacent to an activating group) is 1. The van der Waals surface area contributed by atoms with Crippen LogP contribution in [-0.4, -0.2) is 61.9 Å². The Morgan fingerprint density at radius 3 is 2.95 bits per heavy atom. The van der Waals surface area contributed by atoms with E-state index in [0.29, 0.717) is 19.6 Å². The van der Waals surface area contributed by atoms with Crippen molar-refractivity contribution in [1.29, 1.82) is 0 Å². The van der Waals surface area contributed by atoms with Gasteiger partial charge in [0, 0.05) is 26.7 Å². The van der Waals surface area contributed by atoms with Crippen molar-refractivity contribution < 1.29 is 18.8 Å². The molecule has 1 atom stereocenters. The first-order valence-electron chi connectivity index (χ1n) is 6.66. The fraction of sp³-hybridized carbons (Fsp3) is 0.462. The summed E-state index contributed by atoms with van der Waals surface area (Å²) in [6, 6.07) is 2.62. The van der Waals surface area contributed by atoms with Gasteiger partial charge in [-0.3, -0.25) is 24.6 Å². The molecule has 0 spiro atoms. The molecule has 3 N–H and O–H groups in total. The lowest BCUT2D eigenvalue weighted by Crippen LogP contribution is -2.59. The Labute approximate surface area is 121 Å². The third-order valence-corrected chi connectivity index (χ3v) is 3.25. The van der Waals surface area contributed by atoms with Gasteiger partial charge in [0.1, 0.15) is 6.04 Å². The summed E-state index contributed by atoms with van der Waals surface area (Å²) in [5, 5.41) is 7.91. The molecule has 2 rings (SSSR count). The quantitative estimate of drug-likeness (QED) is 0.628.